The number of H-pyrrole nitrogens is 1. The number of rotatable bonds is 4. The van der Waals surface area contributed by atoms with Crippen LogP contribution in [0.2, 0.25) is 0 Å². The van der Waals surface area contributed by atoms with Crippen LogP contribution in [0.3, 0.4) is 0 Å². The summed E-state index contributed by atoms with van der Waals surface area (Å²) in [5.41, 5.74) is 2.76. The monoisotopic (exact) mass is 214 g/mol. The lowest BCUT2D eigenvalue weighted by atomic mass is 9.98. The molecule has 1 N–H and O–H groups in total. The van der Waals surface area contributed by atoms with E-state index in [0.717, 1.165) is 18.4 Å². The Bertz CT molecular complexity index is 462. The molecule has 0 saturated heterocycles. The summed E-state index contributed by atoms with van der Waals surface area (Å²) in [6.45, 7) is 2.12. The number of aldehydes is 1. The van der Waals surface area contributed by atoms with Gasteiger partial charge in [-0.15, -0.1) is 0 Å². The summed E-state index contributed by atoms with van der Waals surface area (Å²) >= 11 is 0. The van der Waals surface area contributed by atoms with Crippen molar-refractivity contribution in [3.05, 3.63) is 53.3 Å². The molecule has 2 rings (SSSR count). The van der Waals surface area contributed by atoms with Gasteiger partial charge in [0, 0.05) is 11.6 Å². The average molecular weight is 214 g/mol. The third kappa shape index (κ3) is 2.37. The Balaban J connectivity index is 2.08. The second kappa shape index (κ2) is 4.75. The van der Waals surface area contributed by atoms with Crippen molar-refractivity contribution in [1.82, 2.24) is 10.2 Å². The van der Waals surface area contributed by atoms with E-state index in [1.807, 2.05) is 18.2 Å². The lowest BCUT2D eigenvalue weighted by Crippen LogP contribution is -1.98. The van der Waals surface area contributed by atoms with Gasteiger partial charge in [-0.05, 0) is 18.1 Å². The number of hydrogen-bond donors (Lipinski definition) is 1. The van der Waals surface area contributed by atoms with Gasteiger partial charge in [-0.1, -0.05) is 37.3 Å². The number of carbonyl (C=O) groups excluding carboxylic acids is 1. The second-order valence-corrected chi connectivity index (χ2v) is 3.96. The number of carbonyl (C=O) groups is 1. The molecule has 82 valence electrons. The van der Waals surface area contributed by atoms with Gasteiger partial charge in [0.05, 0.1) is 0 Å². The quantitative estimate of drug-likeness (QED) is 0.795. The van der Waals surface area contributed by atoms with E-state index in [9.17, 15) is 4.79 Å². The van der Waals surface area contributed by atoms with Crippen molar-refractivity contribution in [2.75, 3.05) is 0 Å². The van der Waals surface area contributed by atoms with Gasteiger partial charge in [0.15, 0.2) is 6.29 Å². The molecule has 2 aromatic rings. The highest BCUT2D eigenvalue weighted by Crippen LogP contribution is 2.18. The predicted octanol–water partition coefficient (Wildman–Crippen LogP) is 2.57. The number of aromatic amines is 1. The van der Waals surface area contributed by atoms with Gasteiger partial charge in [0.25, 0.3) is 0 Å². The van der Waals surface area contributed by atoms with Crippen LogP contribution in [-0.2, 0) is 6.42 Å². The fourth-order valence-electron chi connectivity index (χ4n) is 1.74. The molecule has 1 atom stereocenters. The first kappa shape index (κ1) is 10.6. The molecule has 3 heteroatoms. The Morgan fingerprint density at radius 1 is 1.38 bits per heavy atom. The molecule has 0 bridgehead atoms. The fraction of sp³-hybridized carbons (Fsp3) is 0.231. The van der Waals surface area contributed by atoms with Crippen LogP contribution in [-0.4, -0.2) is 16.5 Å². The normalized spacial score (nSPS) is 12.3. The number of aromatic nitrogens is 2. The van der Waals surface area contributed by atoms with Crippen molar-refractivity contribution in [1.29, 1.82) is 0 Å². The van der Waals surface area contributed by atoms with Crippen LogP contribution in [0.1, 0.15) is 34.6 Å². The van der Waals surface area contributed by atoms with Crippen molar-refractivity contribution < 1.29 is 4.79 Å². The lowest BCUT2D eigenvalue weighted by Gasteiger charge is -2.08. The molecule has 0 aliphatic rings. The number of hydrogen-bond acceptors (Lipinski definition) is 2. The molecule has 0 aliphatic carbocycles. The van der Waals surface area contributed by atoms with Gasteiger partial charge < -0.3 is 0 Å². The van der Waals surface area contributed by atoms with E-state index in [2.05, 4.69) is 29.3 Å². The van der Waals surface area contributed by atoms with Gasteiger partial charge in [0.2, 0.25) is 0 Å². The van der Waals surface area contributed by atoms with Crippen molar-refractivity contribution in [2.24, 2.45) is 0 Å². The number of nitrogens with one attached hydrogen (secondary N) is 1. The zero-order valence-electron chi connectivity index (χ0n) is 9.18. The van der Waals surface area contributed by atoms with Gasteiger partial charge in [0.1, 0.15) is 5.69 Å². The first-order valence-electron chi connectivity index (χ1n) is 5.34. The second-order valence-electron chi connectivity index (χ2n) is 3.96. The van der Waals surface area contributed by atoms with Crippen LogP contribution in [0.15, 0.2) is 36.4 Å². The molecule has 0 amide bonds. The minimum absolute atomic E-state index is 0.337. The largest absolute Gasteiger partial charge is 0.296 e. The summed E-state index contributed by atoms with van der Waals surface area (Å²) in [5, 5.41) is 6.80. The van der Waals surface area contributed by atoms with E-state index in [0.29, 0.717) is 11.6 Å². The first-order valence-corrected chi connectivity index (χ1v) is 5.34. The molecule has 0 fully saturated rings. The summed E-state index contributed by atoms with van der Waals surface area (Å²) < 4.78 is 0. The summed E-state index contributed by atoms with van der Waals surface area (Å²) in [6.07, 6.45) is 1.70. The maximum atomic E-state index is 10.5. The molecule has 1 unspecified atom stereocenters. The number of benzene rings is 1. The van der Waals surface area contributed by atoms with Gasteiger partial charge in [-0.3, -0.25) is 9.89 Å². The summed E-state index contributed by atoms with van der Waals surface area (Å²) in [7, 11) is 0. The van der Waals surface area contributed by atoms with Crippen molar-refractivity contribution in [2.45, 2.75) is 19.3 Å². The average Bonchev–Trinajstić information content (AvgIpc) is 2.79. The van der Waals surface area contributed by atoms with Crippen LogP contribution >= 0.6 is 0 Å². The molecule has 3 nitrogen and oxygen atoms in total. The van der Waals surface area contributed by atoms with E-state index >= 15 is 0 Å². The van der Waals surface area contributed by atoms with Crippen LogP contribution in [0.5, 0.6) is 0 Å². The lowest BCUT2D eigenvalue weighted by molar-refractivity contribution is 0.111. The van der Waals surface area contributed by atoms with Crippen LogP contribution in [0.25, 0.3) is 0 Å². The van der Waals surface area contributed by atoms with E-state index in [-0.39, 0.29) is 0 Å². The number of nitrogens with zero attached hydrogens (tertiary/aromatic N) is 1. The maximum absolute atomic E-state index is 10.5. The highest BCUT2D eigenvalue weighted by Gasteiger charge is 2.09. The Morgan fingerprint density at radius 3 is 2.75 bits per heavy atom. The molecule has 0 aliphatic heterocycles. The third-order valence-corrected chi connectivity index (χ3v) is 2.65. The zero-order chi connectivity index (χ0) is 11.4. The molecule has 0 radical (unpaired) electrons. The van der Waals surface area contributed by atoms with E-state index in [1.165, 1.54) is 5.56 Å². The Hall–Kier alpha value is -1.90. The van der Waals surface area contributed by atoms with E-state index in [1.54, 1.807) is 6.07 Å². The van der Waals surface area contributed by atoms with Crippen molar-refractivity contribution in [3.8, 4) is 0 Å². The molecular formula is C13H14N2O. The molecule has 1 aromatic heterocycles. The van der Waals surface area contributed by atoms with Crippen molar-refractivity contribution in [3.63, 3.8) is 0 Å². The van der Waals surface area contributed by atoms with E-state index < -0.39 is 0 Å². The van der Waals surface area contributed by atoms with E-state index in [4.69, 9.17) is 0 Å². The van der Waals surface area contributed by atoms with Crippen molar-refractivity contribution >= 4 is 6.29 Å². The van der Waals surface area contributed by atoms with Crippen LogP contribution in [0, 0.1) is 0 Å². The van der Waals surface area contributed by atoms with Gasteiger partial charge >= 0.3 is 0 Å². The summed E-state index contributed by atoms with van der Waals surface area (Å²) in [6, 6.07) is 12.1. The SMILES string of the molecule is CC(Cc1ccccc1)c1cc(C=O)n[nH]1. The molecule has 0 spiro atoms. The van der Waals surface area contributed by atoms with Crippen LogP contribution in [0.4, 0.5) is 0 Å². The third-order valence-electron chi connectivity index (χ3n) is 2.65. The molecule has 0 saturated carbocycles. The van der Waals surface area contributed by atoms with Gasteiger partial charge in [-0.25, -0.2) is 0 Å². The first-order chi connectivity index (χ1) is 7.79. The molecular weight excluding hydrogens is 200 g/mol. The molecule has 1 heterocycles. The Morgan fingerprint density at radius 2 is 2.12 bits per heavy atom. The standard InChI is InChI=1S/C13H14N2O/c1-10(7-11-5-3-2-4-6-11)13-8-12(9-16)14-15-13/h2-6,8-10H,7H2,1H3,(H,14,15). The van der Waals surface area contributed by atoms with Crippen LogP contribution < -0.4 is 0 Å². The smallest absolute Gasteiger partial charge is 0.170 e. The molecule has 16 heavy (non-hydrogen) atoms. The zero-order valence-corrected chi connectivity index (χ0v) is 9.18. The highest BCUT2D eigenvalue weighted by molar-refractivity contribution is 5.71. The van der Waals surface area contributed by atoms with Gasteiger partial charge in [-0.2, -0.15) is 5.10 Å². The Labute approximate surface area is 94.5 Å². The minimum Gasteiger partial charge on any atom is -0.296 e. The highest BCUT2D eigenvalue weighted by atomic mass is 16.1. The molecule has 1 aromatic carbocycles. The Kier molecular flexibility index (Phi) is 3.15. The summed E-state index contributed by atoms with van der Waals surface area (Å²) in [4.78, 5) is 10.5. The topological polar surface area (TPSA) is 45.8 Å². The maximum Gasteiger partial charge on any atom is 0.170 e. The minimum atomic E-state index is 0.337. The predicted molar refractivity (Wildman–Crippen MR) is 62.5 cm³/mol. The fourth-order valence-corrected chi connectivity index (χ4v) is 1.74. The summed E-state index contributed by atoms with van der Waals surface area (Å²) in [5.74, 6) is 0.337.